The van der Waals surface area contributed by atoms with Crippen molar-refractivity contribution in [3.05, 3.63) is 88.7 Å². The van der Waals surface area contributed by atoms with E-state index in [1.807, 2.05) is 60.7 Å². The van der Waals surface area contributed by atoms with Crippen molar-refractivity contribution in [2.24, 2.45) is 0 Å². The Hall–Kier alpha value is -3.49. The van der Waals surface area contributed by atoms with Crippen molar-refractivity contribution >= 4 is 29.6 Å². The normalized spacial score (nSPS) is 18.1. The van der Waals surface area contributed by atoms with Gasteiger partial charge >= 0.3 is 5.97 Å². The summed E-state index contributed by atoms with van der Waals surface area (Å²) in [4.78, 5) is 27.1. The molecule has 1 aliphatic rings. The van der Waals surface area contributed by atoms with Crippen molar-refractivity contribution in [2.45, 2.75) is 24.9 Å². The predicted octanol–water partition coefficient (Wildman–Crippen LogP) is 3.41. The van der Waals surface area contributed by atoms with E-state index in [1.165, 1.54) is 7.11 Å². The summed E-state index contributed by atoms with van der Waals surface area (Å²) < 4.78 is 6.38. The Balaban J connectivity index is 1.42. The fourth-order valence-corrected chi connectivity index (χ4v) is 4.44. The first kappa shape index (κ1) is 24.6. The molecule has 1 saturated heterocycles. The summed E-state index contributed by atoms with van der Waals surface area (Å²) >= 11 is 6.06. The minimum absolute atomic E-state index is 0.0315. The van der Waals surface area contributed by atoms with Crippen molar-refractivity contribution in [1.29, 1.82) is 0 Å². The molecule has 182 valence electrons. The molecule has 0 unspecified atom stereocenters. The number of hydrogen-bond acceptors (Lipinski definition) is 6. The first-order valence-corrected chi connectivity index (χ1v) is 11.9. The molecule has 8 nitrogen and oxygen atoms in total. The number of amides is 1. The number of hydrogen-bond donors (Lipinski definition) is 1. The Bertz CT molecular complexity index is 1180. The third-order valence-corrected chi connectivity index (χ3v) is 6.25. The fraction of sp³-hybridized carbons (Fsp3) is 0.308. The summed E-state index contributed by atoms with van der Waals surface area (Å²) in [6.07, 6.45) is 6.94. The zero-order valence-electron chi connectivity index (χ0n) is 19.5. The third-order valence-electron chi connectivity index (χ3n) is 6.01. The van der Waals surface area contributed by atoms with Crippen molar-refractivity contribution in [2.75, 3.05) is 26.7 Å². The van der Waals surface area contributed by atoms with Gasteiger partial charge in [-0.05, 0) is 36.1 Å². The first-order chi connectivity index (χ1) is 17.0. The van der Waals surface area contributed by atoms with Gasteiger partial charge in [-0.2, -0.15) is 0 Å². The van der Waals surface area contributed by atoms with Gasteiger partial charge in [0.2, 0.25) is 5.91 Å². The summed E-state index contributed by atoms with van der Waals surface area (Å²) in [7, 11) is 1.31. The van der Waals surface area contributed by atoms with Gasteiger partial charge in [-0.25, -0.2) is 9.48 Å². The zero-order chi connectivity index (χ0) is 24.6. The summed E-state index contributed by atoms with van der Waals surface area (Å²) in [5.74, 6) is -0.567. The topological polar surface area (TPSA) is 89.4 Å². The van der Waals surface area contributed by atoms with Crippen LogP contribution in [0.5, 0.6) is 0 Å². The number of halogens is 1. The van der Waals surface area contributed by atoms with Crippen LogP contribution < -0.4 is 5.32 Å². The minimum Gasteiger partial charge on any atom is -0.464 e. The lowest BCUT2D eigenvalue weighted by Crippen LogP contribution is -2.43. The van der Waals surface area contributed by atoms with E-state index in [2.05, 4.69) is 26.6 Å². The van der Waals surface area contributed by atoms with Crippen molar-refractivity contribution in [3.8, 4) is 0 Å². The van der Waals surface area contributed by atoms with E-state index in [1.54, 1.807) is 10.9 Å². The molecule has 2 atom stereocenters. The molecule has 9 heteroatoms. The van der Waals surface area contributed by atoms with Gasteiger partial charge < -0.3 is 10.1 Å². The van der Waals surface area contributed by atoms with Crippen molar-refractivity contribution in [3.63, 3.8) is 0 Å². The number of aromatic nitrogens is 3. The number of rotatable bonds is 9. The van der Waals surface area contributed by atoms with Gasteiger partial charge in [0, 0.05) is 24.7 Å². The highest BCUT2D eigenvalue weighted by molar-refractivity contribution is 6.30. The van der Waals surface area contributed by atoms with Crippen LogP contribution in [0.4, 0.5) is 0 Å². The van der Waals surface area contributed by atoms with E-state index >= 15 is 0 Å². The van der Waals surface area contributed by atoms with Crippen molar-refractivity contribution < 1.29 is 14.3 Å². The number of nitrogens with one attached hydrogen (secondary N) is 1. The van der Waals surface area contributed by atoms with E-state index in [4.69, 9.17) is 16.3 Å². The zero-order valence-corrected chi connectivity index (χ0v) is 20.3. The van der Waals surface area contributed by atoms with Gasteiger partial charge in [0.1, 0.15) is 0 Å². The maximum absolute atomic E-state index is 13.2. The number of carbonyl (C=O) groups excluding carboxylic acids is 2. The monoisotopic (exact) mass is 493 g/mol. The molecule has 1 amide bonds. The second-order valence-corrected chi connectivity index (χ2v) is 8.86. The van der Waals surface area contributed by atoms with Crippen LogP contribution in [0.1, 0.15) is 34.1 Å². The highest BCUT2D eigenvalue weighted by Crippen LogP contribution is 2.27. The molecule has 0 saturated carbocycles. The Morgan fingerprint density at radius 1 is 1.20 bits per heavy atom. The summed E-state index contributed by atoms with van der Waals surface area (Å²) in [5, 5.41) is 11.8. The summed E-state index contributed by atoms with van der Waals surface area (Å²) in [6.45, 7) is 1.73. The first-order valence-electron chi connectivity index (χ1n) is 11.5. The van der Waals surface area contributed by atoms with Gasteiger partial charge in [0.15, 0.2) is 5.69 Å². The average Bonchev–Trinajstić information content (AvgIpc) is 3.52. The number of likely N-dealkylation sites (tertiary alicyclic amines) is 1. The highest BCUT2D eigenvalue weighted by Gasteiger charge is 2.37. The summed E-state index contributed by atoms with van der Waals surface area (Å²) in [5.41, 5.74) is 2.32. The maximum atomic E-state index is 13.2. The molecule has 1 aliphatic heterocycles. The molecule has 2 heterocycles. The Kier molecular flexibility index (Phi) is 8.28. The molecule has 0 aliphatic carbocycles. The Morgan fingerprint density at radius 3 is 2.80 bits per heavy atom. The highest BCUT2D eigenvalue weighted by atomic mass is 35.5. The van der Waals surface area contributed by atoms with Crippen LogP contribution >= 0.6 is 11.6 Å². The molecule has 2 aromatic carbocycles. The van der Waals surface area contributed by atoms with Crippen LogP contribution in [0.15, 0.2) is 66.9 Å². The Morgan fingerprint density at radius 2 is 2.03 bits per heavy atom. The lowest BCUT2D eigenvalue weighted by molar-refractivity contribution is -0.125. The Labute approximate surface area is 209 Å². The number of benzene rings is 2. The van der Waals surface area contributed by atoms with Crippen LogP contribution in [0.3, 0.4) is 0 Å². The van der Waals surface area contributed by atoms with E-state index in [0.29, 0.717) is 37.5 Å². The largest absolute Gasteiger partial charge is 0.464 e. The smallest absolute Gasteiger partial charge is 0.360 e. The molecule has 1 fully saturated rings. The molecule has 1 aromatic heterocycles. The van der Waals surface area contributed by atoms with Crippen LogP contribution in [0.25, 0.3) is 6.08 Å². The van der Waals surface area contributed by atoms with Gasteiger partial charge in [0.05, 0.1) is 25.4 Å². The lowest BCUT2D eigenvalue weighted by Gasteiger charge is -2.22. The number of ether oxygens (including phenoxy) is 1. The molecular formula is C26H28ClN5O3. The molecule has 0 bridgehead atoms. The van der Waals surface area contributed by atoms with Crippen molar-refractivity contribution in [1.82, 2.24) is 25.2 Å². The number of methoxy groups -OCH3 is 1. The number of esters is 1. The lowest BCUT2D eigenvalue weighted by atomic mass is 10.1. The van der Waals surface area contributed by atoms with Gasteiger partial charge in [0.25, 0.3) is 0 Å². The average molecular weight is 494 g/mol. The van der Waals surface area contributed by atoms with Gasteiger partial charge in [-0.3, -0.25) is 9.69 Å². The molecule has 1 N–H and O–H groups in total. The third kappa shape index (κ3) is 6.55. The number of carbonyl (C=O) groups is 2. The minimum atomic E-state index is -0.535. The molecule has 3 aromatic rings. The second kappa shape index (κ2) is 11.8. The van der Waals surface area contributed by atoms with Crippen LogP contribution in [-0.2, 0) is 16.0 Å². The van der Waals surface area contributed by atoms with E-state index < -0.39 is 5.97 Å². The fourth-order valence-electron chi connectivity index (χ4n) is 4.23. The molecule has 0 spiro atoms. The molecule has 0 radical (unpaired) electrons. The van der Waals surface area contributed by atoms with E-state index in [0.717, 1.165) is 11.1 Å². The van der Waals surface area contributed by atoms with Crippen LogP contribution in [0, 0.1) is 0 Å². The van der Waals surface area contributed by atoms with E-state index in [9.17, 15) is 9.59 Å². The van der Waals surface area contributed by atoms with Gasteiger partial charge in [-0.15, -0.1) is 5.10 Å². The van der Waals surface area contributed by atoms with E-state index in [-0.39, 0.29) is 23.7 Å². The SMILES string of the molecule is COC(=O)c1cn([C@H]2C[C@@H](C(=O)NCCc3cccc(Cl)c3)N(C/C=C/c3ccccc3)C2)nn1. The van der Waals surface area contributed by atoms with Gasteiger partial charge in [-0.1, -0.05) is 71.4 Å². The maximum Gasteiger partial charge on any atom is 0.360 e. The standard InChI is InChI=1S/C26H28ClN5O3/c1-35-26(34)23-18-32(30-29-23)22-16-24(25(33)28-13-12-20-9-5-11-21(27)15-20)31(17-22)14-6-10-19-7-3-2-4-8-19/h2-11,15,18,22,24H,12-14,16-17H2,1H3,(H,28,33)/b10-6+/t22-,24-/m0/s1. The quantitative estimate of drug-likeness (QED) is 0.459. The molecule has 4 rings (SSSR count). The predicted molar refractivity (Wildman–Crippen MR) is 134 cm³/mol. The molecule has 35 heavy (non-hydrogen) atoms. The molecular weight excluding hydrogens is 466 g/mol. The summed E-state index contributed by atoms with van der Waals surface area (Å²) in [6, 6.07) is 17.3. The van der Waals surface area contributed by atoms with Crippen LogP contribution in [0.2, 0.25) is 5.02 Å². The number of nitrogens with zero attached hydrogens (tertiary/aromatic N) is 4. The van der Waals surface area contributed by atoms with Crippen LogP contribution in [-0.4, -0.2) is 64.6 Å². The second-order valence-electron chi connectivity index (χ2n) is 8.42.